The molecule has 0 saturated heterocycles. The molecule has 2 aliphatic rings. The average Bonchev–Trinajstić information content (AvgIpc) is 2.62. The Hall–Kier alpha value is -0.0800. The van der Waals surface area contributed by atoms with Crippen molar-refractivity contribution in [3.8, 4) is 0 Å². The van der Waals surface area contributed by atoms with Crippen LogP contribution in [0.1, 0.15) is 77.6 Å². The van der Waals surface area contributed by atoms with Crippen LogP contribution in [0.4, 0.5) is 0 Å². The van der Waals surface area contributed by atoms with Gasteiger partial charge >= 0.3 is 0 Å². The van der Waals surface area contributed by atoms with Gasteiger partial charge in [0.05, 0.1) is 5.60 Å². The summed E-state index contributed by atoms with van der Waals surface area (Å²) < 4.78 is 0. The SMILES string of the molecule is CC1CCC(CCNCC2(O)CCCCCC2)CC1. The van der Waals surface area contributed by atoms with Gasteiger partial charge in [-0.1, -0.05) is 58.3 Å². The Bertz CT molecular complexity index is 238. The molecular weight excluding hydrogens is 234 g/mol. The van der Waals surface area contributed by atoms with Crippen molar-refractivity contribution in [3.05, 3.63) is 0 Å². The first-order valence-corrected chi connectivity index (χ1v) is 8.61. The molecule has 2 aliphatic carbocycles. The molecule has 2 nitrogen and oxygen atoms in total. The Morgan fingerprint density at radius 1 is 1.00 bits per heavy atom. The van der Waals surface area contributed by atoms with Crippen LogP contribution in [0.3, 0.4) is 0 Å². The maximum Gasteiger partial charge on any atom is 0.0771 e. The molecule has 0 bridgehead atoms. The van der Waals surface area contributed by atoms with Crippen LogP contribution < -0.4 is 5.32 Å². The maximum atomic E-state index is 10.6. The Morgan fingerprint density at radius 3 is 2.26 bits per heavy atom. The molecule has 0 aromatic heterocycles. The first-order valence-electron chi connectivity index (χ1n) is 8.61. The van der Waals surface area contributed by atoms with E-state index in [1.54, 1.807) is 0 Å². The zero-order valence-corrected chi connectivity index (χ0v) is 12.8. The van der Waals surface area contributed by atoms with Gasteiger partial charge in [-0.3, -0.25) is 0 Å². The van der Waals surface area contributed by atoms with Crippen LogP contribution in [-0.2, 0) is 0 Å². The van der Waals surface area contributed by atoms with Crippen LogP contribution in [0.15, 0.2) is 0 Å². The molecule has 0 radical (unpaired) electrons. The van der Waals surface area contributed by atoms with Crippen molar-refractivity contribution < 1.29 is 5.11 Å². The van der Waals surface area contributed by atoms with Gasteiger partial charge in [-0.05, 0) is 37.6 Å². The second kappa shape index (κ2) is 7.64. The highest BCUT2D eigenvalue weighted by Gasteiger charge is 2.27. The molecule has 0 aromatic rings. The minimum atomic E-state index is -0.405. The molecule has 0 heterocycles. The van der Waals surface area contributed by atoms with Gasteiger partial charge in [0, 0.05) is 6.54 Å². The smallest absolute Gasteiger partial charge is 0.0771 e. The largest absolute Gasteiger partial charge is 0.389 e. The fourth-order valence-corrected chi connectivity index (χ4v) is 3.81. The van der Waals surface area contributed by atoms with Crippen LogP contribution in [0, 0.1) is 11.8 Å². The zero-order valence-electron chi connectivity index (χ0n) is 12.8. The van der Waals surface area contributed by atoms with E-state index >= 15 is 0 Å². The van der Waals surface area contributed by atoms with Gasteiger partial charge < -0.3 is 10.4 Å². The van der Waals surface area contributed by atoms with Crippen LogP contribution in [-0.4, -0.2) is 23.8 Å². The lowest BCUT2D eigenvalue weighted by molar-refractivity contribution is 0.0250. The molecule has 0 spiro atoms. The second-order valence-electron chi connectivity index (χ2n) is 7.23. The Kier molecular flexibility index (Phi) is 6.15. The molecule has 0 atom stereocenters. The Labute approximate surface area is 119 Å². The quantitative estimate of drug-likeness (QED) is 0.585. The fraction of sp³-hybridized carbons (Fsp3) is 1.00. The van der Waals surface area contributed by atoms with E-state index in [9.17, 15) is 5.11 Å². The maximum absolute atomic E-state index is 10.6. The van der Waals surface area contributed by atoms with Crippen molar-refractivity contribution in [2.45, 2.75) is 83.2 Å². The van der Waals surface area contributed by atoms with E-state index in [1.807, 2.05) is 0 Å². The van der Waals surface area contributed by atoms with Gasteiger partial charge in [-0.2, -0.15) is 0 Å². The minimum absolute atomic E-state index is 0.405. The standard InChI is InChI=1S/C17H33NO/c1-15-6-8-16(9-7-15)10-13-18-14-17(19)11-4-2-3-5-12-17/h15-16,18-19H,2-14H2,1H3. The molecule has 0 aliphatic heterocycles. The summed E-state index contributed by atoms with van der Waals surface area (Å²) in [5, 5.41) is 14.1. The van der Waals surface area contributed by atoms with E-state index in [0.717, 1.165) is 37.8 Å². The van der Waals surface area contributed by atoms with E-state index in [-0.39, 0.29) is 0 Å². The number of rotatable bonds is 5. The summed E-state index contributed by atoms with van der Waals surface area (Å²) in [4.78, 5) is 0. The highest BCUT2D eigenvalue weighted by atomic mass is 16.3. The first kappa shape index (κ1) is 15.3. The minimum Gasteiger partial charge on any atom is -0.389 e. The predicted octanol–water partition coefficient (Wildman–Crippen LogP) is 3.88. The lowest BCUT2D eigenvalue weighted by atomic mass is 9.81. The van der Waals surface area contributed by atoms with Gasteiger partial charge in [-0.25, -0.2) is 0 Å². The van der Waals surface area contributed by atoms with E-state index in [4.69, 9.17) is 0 Å². The molecule has 0 aromatic carbocycles. The number of hydrogen-bond donors (Lipinski definition) is 2. The van der Waals surface area contributed by atoms with Crippen molar-refractivity contribution in [1.82, 2.24) is 5.32 Å². The molecule has 0 amide bonds. The molecule has 2 saturated carbocycles. The van der Waals surface area contributed by atoms with E-state index in [1.165, 1.54) is 57.8 Å². The van der Waals surface area contributed by atoms with Gasteiger partial charge in [0.1, 0.15) is 0 Å². The molecule has 112 valence electrons. The summed E-state index contributed by atoms with van der Waals surface area (Å²) >= 11 is 0. The summed E-state index contributed by atoms with van der Waals surface area (Å²) in [5.41, 5.74) is -0.405. The third kappa shape index (κ3) is 5.43. The van der Waals surface area contributed by atoms with Crippen molar-refractivity contribution in [1.29, 1.82) is 0 Å². The molecule has 2 fully saturated rings. The highest BCUT2D eigenvalue weighted by molar-refractivity contribution is 4.83. The fourth-order valence-electron chi connectivity index (χ4n) is 3.81. The number of nitrogens with one attached hydrogen (secondary N) is 1. The predicted molar refractivity (Wildman–Crippen MR) is 81.3 cm³/mol. The Balaban J connectivity index is 1.58. The zero-order chi connectivity index (χ0) is 13.6. The highest BCUT2D eigenvalue weighted by Crippen LogP contribution is 2.30. The second-order valence-corrected chi connectivity index (χ2v) is 7.23. The van der Waals surface area contributed by atoms with Crippen LogP contribution >= 0.6 is 0 Å². The van der Waals surface area contributed by atoms with Gasteiger partial charge in [-0.15, -0.1) is 0 Å². The number of hydrogen-bond acceptors (Lipinski definition) is 2. The first-order chi connectivity index (χ1) is 9.18. The van der Waals surface area contributed by atoms with Crippen molar-refractivity contribution in [3.63, 3.8) is 0 Å². The molecule has 19 heavy (non-hydrogen) atoms. The van der Waals surface area contributed by atoms with Crippen molar-refractivity contribution in [2.24, 2.45) is 11.8 Å². The van der Waals surface area contributed by atoms with Gasteiger partial charge in [0.15, 0.2) is 0 Å². The number of aliphatic hydroxyl groups is 1. The molecule has 2 heteroatoms. The van der Waals surface area contributed by atoms with Crippen LogP contribution in [0.5, 0.6) is 0 Å². The summed E-state index contributed by atoms with van der Waals surface area (Å²) in [7, 11) is 0. The van der Waals surface area contributed by atoms with E-state index in [0.29, 0.717) is 0 Å². The molecular formula is C17H33NO. The third-order valence-electron chi connectivity index (χ3n) is 5.35. The average molecular weight is 267 g/mol. The third-order valence-corrected chi connectivity index (χ3v) is 5.35. The monoisotopic (exact) mass is 267 g/mol. The van der Waals surface area contributed by atoms with Gasteiger partial charge in [0.25, 0.3) is 0 Å². The summed E-state index contributed by atoms with van der Waals surface area (Å²) in [6.07, 6.45) is 14.0. The molecule has 2 rings (SSSR count). The summed E-state index contributed by atoms with van der Waals surface area (Å²) in [6.45, 7) is 4.30. The summed E-state index contributed by atoms with van der Waals surface area (Å²) in [6, 6.07) is 0. The normalized spacial score (nSPS) is 31.9. The molecule has 0 unspecified atom stereocenters. The van der Waals surface area contributed by atoms with Crippen molar-refractivity contribution >= 4 is 0 Å². The lowest BCUT2D eigenvalue weighted by Crippen LogP contribution is -2.40. The van der Waals surface area contributed by atoms with Crippen LogP contribution in [0.2, 0.25) is 0 Å². The Morgan fingerprint density at radius 2 is 1.63 bits per heavy atom. The van der Waals surface area contributed by atoms with Crippen molar-refractivity contribution in [2.75, 3.05) is 13.1 Å². The topological polar surface area (TPSA) is 32.3 Å². The van der Waals surface area contributed by atoms with E-state index < -0.39 is 5.60 Å². The molecule has 2 N–H and O–H groups in total. The van der Waals surface area contributed by atoms with E-state index in [2.05, 4.69) is 12.2 Å². The summed E-state index contributed by atoms with van der Waals surface area (Å²) in [5.74, 6) is 1.89. The van der Waals surface area contributed by atoms with Crippen LogP contribution in [0.25, 0.3) is 0 Å². The lowest BCUT2D eigenvalue weighted by Gasteiger charge is -2.29. The van der Waals surface area contributed by atoms with Gasteiger partial charge in [0.2, 0.25) is 0 Å².